The van der Waals surface area contributed by atoms with E-state index in [2.05, 4.69) is 0 Å². The second kappa shape index (κ2) is 7.85. The molecule has 1 aliphatic heterocycles. The van der Waals surface area contributed by atoms with Crippen LogP contribution in [0.15, 0.2) is 72.8 Å². The Morgan fingerprint density at radius 3 is 1.93 bits per heavy atom. The van der Waals surface area contributed by atoms with E-state index < -0.39 is 0 Å². The molecule has 4 rings (SSSR count). The molecule has 0 bridgehead atoms. The second-order valence-corrected chi connectivity index (χ2v) is 7.97. The van der Waals surface area contributed by atoms with Gasteiger partial charge in [-0.2, -0.15) is 0 Å². The van der Waals surface area contributed by atoms with E-state index >= 15 is 0 Å². The molecular formula is C21H15Cl2NO2S. The summed E-state index contributed by atoms with van der Waals surface area (Å²) in [4.78, 5) is 14.3. The Balaban J connectivity index is 1.55. The molecule has 136 valence electrons. The Hall–Kier alpha value is -2.14. The third-order valence-corrected chi connectivity index (χ3v) is 5.90. The van der Waals surface area contributed by atoms with Crippen LogP contribution in [0.1, 0.15) is 10.9 Å². The maximum atomic E-state index is 12.5. The predicted octanol–water partition coefficient (Wildman–Crippen LogP) is 6.56. The molecule has 0 aromatic heterocycles. The summed E-state index contributed by atoms with van der Waals surface area (Å²) >= 11 is 13.5. The first-order valence-electron chi connectivity index (χ1n) is 8.33. The molecule has 1 amide bonds. The van der Waals surface area contributed by atoms with Crippen LogP contribution in [0.2, 0.25) is 10.0 Å². The Morgan fingerprint density at radius 2 is 1.33 bits per heavy atom. The summed E-state index contributed by atoms with van der Waals surface area (Å²) in [5, 5.41) is 1.29. The minimum Gasteiger partial charge on any atom is -0.457 e. The zero-order chi connectivity index (χ0) is 18.8. The van der Waals surface area contributed by atoms with E-state index in [1.54, 1.807) is 23.9 Å². The van der Waals surface area contributed by atoms with Crippen LogP contribution in [0.4, 0.5) is 5.69 Å². The number of thioether (sulfide) groups is 1. The van der Waals surface area contributed by atoms with Crippen molar-refractivity contribution >= 4 is 46.6 Å². The maximum Gasteiger partial charge on any atom is 0.238 e. The highest BCUT2D eigenvalue weighted by molar-refractivity contribution is 8.00. The summed E-state index contributed by atoms with van der Waals surface area (Å²) < 4.78 is 5.82. The van der Waals surface area contributed by atoms with Crippen LogP contribution >= 0.6 is 35.0 Å². The highest BCUT2D eigenvalue weighted by Gasteiger charge is 2.33. The first-order valence-corrected chi connectivity index (χ1v) is 10.1. The number of hydrogen-bond donors (Lipinski definition) is 0. The van der Waals surface area contributed by atoms with Gasteiger partial charge in [0.05, 0.1) is 5.75 Å². The van der Waals surface area contributed by atoms with Crippen LogP contribution < -0.4 is 9.64 Å². The van der Waals surface area contributed by atoms with Crippen LogP contribution in [-0.2, 0) is 4.79 Å². The third-order valence-electron chi connectivity index (χ3n) is 4.19. The standard InChI is InChI=1S/C21H15Cl2NO2S/c22-15-3-1-14(2-4-15)21-24(20(25)13-27-21)17-7-11-19(12-8-17)26-18-9-5-16(23)6-10-18/h1-12,21H,13H2/t21-/m0/s1. The smallest absolute Gasteiger partial charge is 0.238 e. The number of anilines is 1. The molecule has 6 heteroatoms. The summed E-state index contributed by atoms with van der Waals surface area (Å²) in [5.74, 6) is 1.95. The lowest BCUT2D eigenvalue weighted by Gasteiger charge is -2.24. The average molecular weight is 416 g/mol. The molecule has 3 nitrogen and oxygen atoms in total. The van der Waals surface area contributed by atoms with Gasteiger partial charge in [0.25, 0.3) is 0 Å². The van der Waals surface area contributed by atoms with E-state index in [0.29, 0.717) is 27.3 Å². The van der Waals surface area contributed by atoms with Crippen LogP contribution in [-0.4, -0.2) is 11.7 Å². The molecule has 1 saturated heterocycles. The Kier molecular flexibility index (Phi) is 5.30. The van der Waals surface area contributed by atoms with Crippen LogP contribution in [0.25, 0.3) is 0 Å². The van der Waals surface area contributed by atoms with Crippen molar-refractivity contribution in [2.45, 2.75) is 5.37 Å². The largest absolute Gasteiger partial charge is 0.457 e. The lowest BCUT2D eigenvalue weighted by atomic mass is 10.2. The molecule has 1 fully saturated rings. The molecule has 0 N–H and O–H groups in total. The van der Waals surface area contributed by atoms with Gasteiger partial charge in [-0.05, 0) is 66.2 Å². The highest BCUT2D eigenvalue weighted by Crippen LogP contribution is 2.42. The van der Waals surface area contributed by atoms with E-state index in [0.717, 1.165) is 11.3 Å². The zero-order valence-electron chi connectivity index (χ0n) is 14.1. The molecule has 1 aliphatic rings. The summed E-state index contributed by atoms with van der Waals surface area (Å²) in [5.41, 5.74) is 1.89. The Bertz CT molecular complexity index is 943. The number of benzene rings is 3. The Morgan fingerprint density at radius 1 is 0.815 bits per heavy atom. The van der Waals surface area contributed by atoms with Gasteiger partial charge >= 0.3 is 0 Å². The van der Waals surface area contributed by atoms with E-state index in [9.17, 15) is 4.79 Å². The van der Waals surface area contributed by atoms with Crippen LogP contribution in [0.3, 0.4) is 0 Å². The van der Waals surface area contributed by atoms with Crippen LogP contribution in [0.5, 0.6) is 11.5 Å². The van der Waals surface area contributed by atoms with Gasteiger partial charge in [0.15, 0.2) is 0 Å². The molecule has 0 unspecified atom stereocenters. The monoisotopic (exact) mass is 415 g/mol. The van der Waals surface area contributed by atoms with Gasteiger partial charge in [0, 0.05) is 15.7 Å². The first kappa shape index (κ1) is 18.2. The van der Waals surface area contributed by atoms with E-state index in [1.807, 2.05) is 65.6 Å². The van der Waals surface area contributed by atoms with Crippen LogP contribution in [0, 0.1) is 0 Å². The van der Waals surface area contributed by atoms with Crippen molar-refractivity contribution in [1.29, 1.82) is 0 Å². The SMILES string of the molecule is O=C1CS[C@@H](c2ccc(Cl)cc2)N1c1ccc(Oc2ccc(Cl)cc2)cc1. The van der Waals surface area contributed by atoms with Crippen molar-refractivity contribution in [1.82, 2.24) is 0 Å². The fraction of sp³-hybridized carbons (Fsp3) is 0.0952. The quantitative estimate of drug-likeness (QED) is 0.482. The van der Waals surface area contributed by atoms with E-state index in [1.165, 1.54) is 0 Å². The zero-order valence-corrected chi connectivity index (χ0v) is 16.5. The lowest BCUT2D eigenvalue weighted by molar-refractivity contribution is -0.115. The van der Waals surface area contributed by atoms with Gasteiger partial charge in [0.1, 0.15) is 16.9 Å². The van der Waals surface area contributed by atoms with Gasteiger partial charge in [-0.25, -0.2) is 0 Å². The van der Waals surface area contributed by atoms with Gasteiger partial charge in [-0.1, -0.05) is 35.3 Å². The fourth-order valence-corrected chi connectivity index (χ4v) is 4.32. The molecule has 0 radical (unpaired) electrons. The molecule has 0 aliphatic carbocycles. The summed E-state index contributed by atoms with van der Waals surface area (Å²) in [6.45, 7) is 0. The van der Waals surface area contributed by atoms with Gasteiger partial charge in [-0.15, -0.1) is 11.8 Å². The molecule has 1 atom stereocenters. The van der Waals surface area contributed by atoms with Gasteiger partial charge in [-0.3, -0.25) is 9.69 Å². The molecule has 1 heterocycles. The second-order valence-electron chi connectivity index (χ2n) is 6.03. The van der Waals surface area contributed by atoms with E-state index in [4.69, 9.17) is 27.9 Å². The molecule has 3 aromatic carbocycles. The lowest BCUT2D eigenvalue weighted by Crippen LogP contribution is -2.27. The number of halogens is 2. The van der Waals surface area contributed by atoms with Crippen molar-refractivity contribution in [3.63, 3.8) is 0 Å². The van der Waals surface area contributed by atoms with E-state index in [-0.39, 0.29) is 11.3 Å². The number of carbonyl (C=O) groups is 1. The number of hydrogen-bond acceptors (Lipinski definition) is 3. The topological polar surface area (TPSA) is 29.5 Å². The minimum atomic E-state index is -0.0576. The first-order chi connectivity index (χ1) is 13.1. The molecule has 27 heavy (non-hydrogen) atoms. The number of ether oxygens (including phenoxy) is 1. The fourth-order valence-electron chi connectivity index (χ4n) is 2.89. The summed E-state index contributed by atoms with van der Waals surface area (Å²) in [6.07, 6.45) is 0. The van der Waals surface area contributed by atoms with Crippen molar-refractivity contribution in [3.05, 3.63) is 88.4 Å². The highest BCUT2D eigenvalue weighted by atomic mass is 35.5. The average Bonchev–Trinajstić information content (AvgIpc) is 3.06. The predicted molar refractivity (Wildman–Crippen MR) is 112 cm³/mol. The molecule has 0 saturated carbocycles. The number of carbonyl (C=O) groups excluding carboxylic acids is 1. The van der Waals surface area contributed by atoms with Gasteiger partial charge < -0.3 is 4.74 Å². The Labute approximate surface area is 171 Å². The molecule has 0 spiro atoms. The summed E-state index contributed by atoms with van der Waals surface area (Å²) in [6, 6.07) is 22.3. The van der Waals surface area contributed by atoms with Crippen molar-refractivity contribution in [3.8, 4) is 11.5 Å². The molecule has 3 aromatic rings. The summed E-state index contributed by atoms with van der Waals surface area (Å²) in [7, 11) is 0. The minimum absolute atomic E-state index is 0.0576. The number of amides is 1. The number of nitrogens with zero attached hydrogens (tertiary/aromatic N) is 1. The molecular weight excluding hydrogens is 401 g/mol. The van der Waals surface area contributed by atoms with Gasteiger partial charge in [0.2, 0.25) is 5.91 Å². The normalized spacial score (nSPS) is 16.6. The van der Waals surface area contributed by atoms with Crippen molar-refractivity contribution < 1.29 is 9.53 Å². The van der Waals surface area contributed by atoms with Crippen molar-refractivity contribution in [2.75, 3.05) is 10.7 Å². The number of rotatable bonds is 4. The van der Waals surface area contributed by atoms with Crippen molar-refractivity contribution in [2.24, 2.45) is 0 Å². The third kappa shape index (κ3) is 4.08. The maximum absolute atomic E-state index is 12.5.